The Kier molecular flexibility index (Phi) is 3.19. The lowest BCUT2D eigenvalue weighted by molar-refractivity contribution is 0.0716. The standard InChI is InChI=1S/C16H15N3O5/c20-14-12-3-4-18(8-13(12)24-17-14)15(21)9-1-2-10-6-19(16(22)23)7-11(10)5-9/h1-2,5H,3-4,6-8H2,(H,17,20)(H,22,23). The number of amides is 2. The smallest absolute Gasteiger partial charge is 0.407 e. The van der Waals surface area contributed by atoms with Gasteiger partial charge in [-0.1, -0.05) is 6.07 Å². The zero-order valence-electron chi connectivity index (χ0n) is 12.7. The summed E-state index contributed by atoms with van der Waals surface area (Å²) in [6.45, 7) is 1.35. The Morgan fingerprint density at radius 1 is 1.12 bits per heavy atom. The minimum Gasteiger partial charge on any atom is -0.465 e. The molecule has 124 valence electrons. The van der Waals surface area contributed by atoms with Crippen molar-refractivity contribution >= 4 is 12.0 Å². The molecule has 2 N–H and O–H groups in total. The Hall–Kier alpha value is -3.03. The molecule has 0 radical (unpaired) electrons. The van der Waals surface area contributed by atoms with E-state index in [0.29, 0.717) is 42.9 Å². The minimum atomic E-state index is -0.967. The summed E-state index contributed by atoms with van der Waals surface area (Å²) in [5, 5.41) is 11.4. The summed E-state index contributed by atoms with van der Waals surface area (Å²) in [4.78, 5) is 38.2. The van der Waals surface area contributed by atoms with Crippen LogP contribution in [0.25, 0.3) is 0 Å². The molecule has 8 nitrogen and oxygen atoms in total. The van der Waals surface area contributed by atoms with Crippen molar-refractivity contribution in [1.29, 1.82) is 0 Å². The zero-order chi connectivity index (χ0) is 16.8. The van der Waals surface area contributed by atoms with Crippen LogP contribution in [0.4, 0.5) is 4.79 Å². The Labute approximate surface area is 136 Å². The number of nitrogens with one attached hydrogen (secondary N) is 1. The second-order valence-electron chi connectivity index (χ2n) is 6.03. The second-order valence-corrected chi connectivity index (χ2v) is 6.03. The number of aromatic nitrogens is 1. The third-order valence-electron chi connectivity index (χ3n) is 4.58. The molecule has 2 aromatic rings. The molecule has 0 atom stereocenters. The molecule has 2 aliphatic rings. The van der Waals surface area contributed by atoms with E-state index >= 15 is 0 Å². The van der Waals surface area contributed by atoms with Gasteiger partial charge < -0.3 is 14.5 Å². The molecule has 0 fully saturated rings. The van der Waals surface area contributed by atoms with Gasteiger partial charge in [-0.05, 0) is 29.7 Å². The number of rotatable bonds is 1. The van der Waals surface area contributed by atoms with Gasteiger partial charge in [0.1, 0.15) is 0 Å². The largest absolute Gasteiger partial charge is 0.465 e. The first-order chi connectivity index (χ1) is 11.5. The molecule has 0 saturated carbocycles. The molecule has 2 amide bonds. The number of carbonyl (C=O) groups is 2. The molecule has 2 aliphatic heterocycles. The Morgan fingerprint density at radius 2 is 1.92 bits per heavy atom. The molecule has 0 unspecified atom stereocenters. The van der Waals surface area contributed by atoms with Crippen LogP contribution in [0.5, 0.6) is 0 Å². The monoisotopic (exact) mass is 329 g/mol. The van der Waals surface area contributed by atoms with Crippen LogP contribution in [0.2, 0.25) is 0 Å². The number of carboxylic acid groups (broad SMARTS) is 1. The van der Waals surface area contributed by atoms with Crippen molar-refractivity contribution in [2.45, 2.75) is 26.1 Å². The molecule has 0 spiro atoms. The maximum absolute atomic E-state index is 12.7. The average molecular weight is 329 g/mol. The predicted molar refractivity (Wildman–Crippen MR) is 81.5 cm³/mol. The Bertz CT molecular complexity index is 897. The van der Waals surface area contributed by atoms with Crippen LogP contribution in [0.3, 0.4) is 0 Å². The van der Waals surface area contributed by atoms with Gasteiger partial charge >= 0.3 is 6.09 Å². The maximum atomic E-state index is 12.7. The highest BCUT2D eigenvalue weighted by molar-refractivity contribution is 5.94. The quantitative estimate of drug-likeness (QED) is 0.816. The first kappa shape index (κ1) is 14.6. The third-order valence-corrected chi connectivity index (χ3v) is 4.58. The second kappa shape index (κ2) is 5.26. The molecular weight excluding hydrogens is 314 g/mol. The van der Waals surface area contributed by atoms with E-state index in [9.17, 15) is 14.4 Å². The number of nitrogens with zero attached hydrogens (tertiary/aromatic N) is 2. The van der Waals surface area contributed by atoms with E-state index in [1.54, 1.807) is 23.1 Å². The highest BCUT2D eigenvalue weighted by atomic mass is 16.5. The lowest BCUT2D eigenvalue weighted by atomic mass is 10.0. The van der Waals surface area contributed by atoms with Crippen LogP contribution in [-0.2, 0) is 26.1 Å². The van der Waals surface area contributed by atoms with Crippen LogP contribution in [0.15, 0.2) is 27.5 Å². The first-order valence-corrected chi connectivity index (χ1v) is 7.61. The molecule has 4 rings (SSSR count). The number of H-pyrrole nitrogens is 1. The number of fused-ring (bicyclic) bond motifs is 2. The van der Waals surface area contributed by atoms with Crippen LogP contribution in [0.1, 0.15) is 32.8 Å². The van der Waals surface area contributed by atoms with Crippen molar-refractivity contribution in [3.05, 3.63) is 56.6 Å². The van der Waals surface area contributed by atoms with E-state index in [1.807, 2.05) is 0 Å². The fourth-order valence-corrected chi connectivity index (χ4v) is 3.26. The lowest BCUT2D eigenvalue weighted by Gasteiger charge is -2.25. The Balaban J connectivity index is 1.55. The molecule has 0 aliphatic carbocycles. The summed E-state index contributed by atoms with van der Waals surface area (Å²) in [7, 11) is 0. The van der Waals surface area contributed by atoms with Gasteiger partial charge in [0.15, 0.2) is 5.76 Å². The maximum Gasteiger partial charge on any atom is 0.407 e. The number of hydrogen-bond donors (Lipinski definition) is 2. The lowest BCUT2D eigenvalue weighted by Crippen LogP contribution is -2.36. The molecule has 0 saturated heterocycles. The van der Waals surface area contributed by atoms with Crippen LogP contribution < -0.4 is 5.56 Å². The number of hydrogen-bond acceptors (Lipinski definition) is 4. The average Bonchev–Trinajstić information content (AvgIpc) is 3.17. The Morgan fingerprint density at radius 3 is 2.71 bits per heavy atom. The number of benzene rings is 1. The van der Waals surface area contributed by atoms with Gasteiger partial charge in [0.05, 0.1) is 12.1 Å². The molecule has 0 bridgehead atoms. The number of aromatic amines is 1. The van der Waals surface area contributed by atoms with Gasteiger partial charge in [0, 0.05) is 25.2 Å². The van der Waals surface area contributed by atoms with Gasteiger partial charge in [0.25, 0.3) is 11.5 Å². The fourth-order valence-electron chi connectivity index (χ4n) is 3.26. The van der Waals surface area contributed by atoms with Gasteiger partial charge in [-0.25, -0.2) is 4.79 Å². The summed E-state index contributed by atoms with van der Waals surface area (Å²) >= 11 is 0. The van der Waals surface area contributed by atoms with Crippen molar-refractivity contribution in [3.63, 3.8) is 0 Å². The highest BCUT2D eigenvalue weighted by Crippen LogP contribution is 2.25. The topological polar surface area (TPSA) is 107 Å². The van der Waals surface area contributed by atoms with Crippen molar-refractivity contribution in [1.82, 2.24) is 15.0 Å². The van der Waals surface area contributed by atoms with E-state index in [1.165, 1.54) is 4.90 Å². The van der Waals surface area contributed by atoms with E-state index in [-0.39, 0.29) is 18.0 Å². The van der Waals surface area contributed by atoms with E-state index in [4.69, 9.17) is 9.63 Å². The molecule has 1 aromatic heterocycles. The summed E-state index contributed by atoms with van der Waals surface area (Å²) in [6.07, 6.45) is -0.505. The zero-order valence-corrected chi connectivity index (χ0v) is 12.7. The van der Waals surface area contributed by atoms with Crippen molar-refractivity contribution < 1.29 is 19.2 Å². The van der Waals surface area contributed by atoms with Crippen LogP contribution in [-0.4, -0.2) is 38.6 Å². The van der Waals surface area contributed by atoms with Gasteiger partial charge in [-0.15, -0.1) is 0 Å². The van der Waals surface area contributed by atoms with Gasteiger partial charge in [0.2, 0.25) is 0 Å². The molecule has 3 heterocycles. The summed E-state index contributed by atoms with van der Waals surface area (Å²) in [5.74, 6) is 0.346. The van der Waals surface area contributed by atoms with Crippen LogP contribution in [0, 0.1) is 0 Å². The SMILES string of the molecule is O=C(O)N1Cc2ccc(C(=O)N3CCc4c(o[nH]c4=O)C3)cc2C1. The van der Waals surface area contributed by atoms with E-state index in [0.717, 1.165) is 11.1 Å². The van der Waals surface area contributed by atoms with Crippen molar-refractivity contribution in [3.8, 4) is 0 Å². The molecule has 24 heavy (non-hydrogen) atoms. The van der Waals surface area contributed by atoms with Gasteiger partial charge in [-0.2, -0.15) is 5.16 Å². The molecular formula is C16H15N3O5. The summed E-state index contributed by atoms with van der Waals surface area (Å²) < 4.78 is 5.11. The van der Waals surface area contributed by atoms with Gasteiger partial charge in [-0.3, -0.25) is 14.5 Å². The molecule has 1 aromatic carbocycles. The highest BCUT2D eigenvalue weighted by Gasteiger charge is 2.28. The van der Waals surface area contributed by atoms with E-state index in [2.05, 4.69) is 5.16 Å². The minimum absolute atomic E-state index is 0.152. The number of carbonyl (C=O) groups excluding carboxylic acids is 1. The van der Waals surface area contributed by atoms with Crippen molar-refractivity contribution in [2.75, 3.05) is 6.54 Å². The summed E-state index contributed by atoms with van der Waals surface area (Å²) in [6, 6.07) is 5.27. The molecule has 8 heteroatoms. The van der Waals surface area contributed by atoms with Crippen molar-refractivity contribution in [2.24, 2.45) is 0 Å². The first-order valence-electron chi connectivity index (χ1n) is 7.61. The fraction of sp³-hybridized carbons (Fsp3) is 0.312. The van der Waals surface area contributed by atoms with Crippen LogP contribution >= 0.6 is 0 Å². The normalized spacial score (nSPS) is 16.0. The summed E-state index contributed by atoms with van der Waals surface area (Å²) in [5.41, 5.74) is 2.66. The third kappa shape index (κ3) is 2.27. The predicted octanol–water partition coefficient (Wildman–Crippen LogP) is 1.16. The van der Waals surface area contributed by atoms with E-state index < -0.39 is 6.09 Å².